The van der Waals surface area contributed by atoms with Crippen molar-refractivity contribution in [2.75, 3.05) is 13.7 Å². The summed E-state index contributed by atoms with van der Waals surface area (Å²) in [5, 5.41) is 8.92. The molecule has 5 heteroatoms. The van der Waals surface area contributed by atoms with Crippen molar-refractivity contribution in [3.63, 3.8) is 0 Å². The van der Waals surface area contributed by atoms with Gasteiger partial charge in [0.25, 0.3) is 0 Å². The molecule has 0 atom stereocenters. The van der Waals surface area contributed by atoms with Crippen LogP contribution in [0.5, 0.6) is 5.75 Å². The van der Waals surface area contributed by atoms with Crippen LogP contribution in [0.15, 0.2) is 12.1 Å². The molecule has 0 N–H and O–H groups in total. The van der Waals surface area contributed by atoms with Crippen LogP contribution in [0.2, 0.25) is 0 Å². The summed E-state index contributed by atoms with van der Waals surface area (Å²) in [7, 11) is 1.38. The number of methoxy groups -OCH3 is 1. The van der Waals surface area contributed by atoms with E-state index in [9.17, 15) is 9.59 Å². The zero-order chi connectivity index (χ0) is 12.8. The highest BCUT2D eigenvalue weighted by atomic mass is 16.5. The van der Waals surface area contributed by atoms with Gasteiger partial charge in [-0.2, -0.15) is 5.26 Å². The lowest BCUT2D eigenvalue weighted by molar-refractivity contribution is 0.0526. The van der Waals surface area contributed by atoms with E-state index in [4.69, 9.17) is 14.7 Å². The van der Waals surface area contributed by atoms with Gasteiger partial charge in [0.15, 0.2) is 6.29 Å². The first kappa shape index (κ1) is 12.7. The number of ether oxygens (including phenoxy) is 2. The molecule has 1 rings (SSSR count). The number of hydrogen-bond donors (Lipinski definition) is 0. The molecule has 0 radical (unpaired) electrons. The summed E-state index contributed by atoms with van der Waals surface area (Å²) < 4.78 is 9.74. The van der Waals surface area contributed by atoms with Gasteiger partial charge in [-0.15, -0.1) is 0 Å². The topological polar surface area (TPSA) is 76.4 Å². The third-order valence-corrected chi connectivity index (χ3v) is 2.11. The molecule has 0 aliphatic rings. The molecule has 1 aromatic carbocycles. The normalized spacial score (nSPS) is 9.24. The monoisotopic (exact) mass is 233 g/mol. The van der Waals surface area contributed by atoms with E-state index in [1.165, 1.54) is 19.2 Å². The summed E-state index contributed by atoms with van der Waals surface area (Å²) in [5.74, 6) is -0.376. The molecule has 17 heavy (non-hydrogen) atoms. The number of aldehydes is 1. The van der Waals surface area contributed by atoms with Gasteiger partial charge in [-0.3, -0.25) is 4.79 Å². The maximum atomic E-state index is 11.6. The minimum Gasteiger partial charge on any atom is -0.496 e. The molecule has 88 valence electrons. The first-order valence-corrected chi connectivity index (χ1v) is 4.92. The Morgan fingerprint density at radius 2 is 2.24 bits per heavy atom. The first-order chi connectivity index (χ1) is 8.17. The van der Waals surface area contributed by atoms with E-state index in [-0.39, 0.29) is 29.0 Å². The highest BCUT2D eigenvalue weighted by Crippen LogP contribution is 2.22. The SMILES string of the molecule is CCOC(=O)c1cc(C=O)c(OC)cc1C#N. The van der Waals surface area contributed by atoms with Gasteiger partial charge in [-0.05, 0) is 19.1 Å². The molecule has 5 nitrogen and oxygen atoms in total. The second kappa shape index (κ2) is 5.66. The Hall–Kier alpha value is -2.35. The maximum Gasteiger partial charge on any atom is 0.339 e. The minimum atomic E-state index is -0.630. The number of hydrogen-bond acceptors (Lipinski definition) is 5. The summed E-state index contributed by atoms with van der Waals surface area (Å²) in [4.78, 5) is 22.4. The van der Waals surface area contributed by atoms with Crippen LogP contribution in [0, 0.1) is 11.3 Å². The summed E-state index contributed by atoms with van der Waals surface area (Å²) in [5.41, 5.74) is 0.387. The standard InChI is InChI=1S/C12H11NO4/c1-3-17-12(15)10-4-9(7-14)11(16-2)5-8(10)6-13/h4-5,7H,3H2,1-2H3. The summed E-state index contributed by atoms with van der Waals surface area (Å²) in [6, 6.07) is 4.50. The van der Waals surface area contributed by atoms with Crippen LogP contribution in [0.3, 0.4) is 0 Å². The lowest BCUT2D eigenvalue weighted by Gasteiger charge is -2.08. The highest BCUT2D eigenvalue weighted by molar-refractivity contribution is 5.95. The van der Waals surface area contributed by atoms with Crippen molar-refractivity contribution in [1.29, 1.82) is 5.26 Å². The molecule has 0 aliphatic heterocycles. The fourth-order valence-electron chi connectivity index (χ4n) is 1.34. The van der Waals surface area contributed by atoms with Crippen LogP contribution in [0.4, 0.5) is 0 Å². The Bertz CT molecular complexity index is 488. The number of carbonyl (C=O) groups excluding carboxylic acids is 2. The Balaban J connectivity index is 3.34. The Labute approximate surface area is 98.6 Å². The van der Waals surface area contributed by atoms with Gasteiger partial charge < -0.3 is 9.47 Å². The Morgan fingerprint density at radius 1 is 1.53 bits per heavy atom. The van der Waals surface area contributed by atoms with Crippen LogP contribution >= 0.6 is 0 Å². The van der Waals surface area contributed by atoms with Crippen LogP contribution in [-0.4, -0.2) is 26.0 Å². The van der Waals surface area contributed by atoms with Crippen molar-refractivity contribution in [3.8, 4) is 11.8 Å². The molecule has 0 unspecified atom stereocenters. The van der Waals surface area contributed by atoms with Crippen molar-refractivity contribution < 1.29 is 19.1 Å². The molecule has 1 aromatic rings. The average Bonchev–Trinajstić information content (AvgIpc) is 2.37. The number of rotatable bonds is 4. The predicted octanol–water partition coefficient (Wildman–Crippen LogP) is 1.56. The number of carbonyl (C=O) groups is 2. The van der Waals surface area contributed by atoms with Crippen molar-refractivity contribution >= 4 is 12.3 Å². The van der Waals surface area contributed by atoms with Gasteiger partial charge in [-0.25, -0.2) is 4.79 Å². The summed E-state index contributed by atoms with van der Waals surface area (Å²) in [6.45, 7) is 1.86. The molecule has 0 spiro atoms. The van der Waals surface area contributed by atoms with Crippen LogP contribution in [0.1, 0.15) is 33.2 Å². The summed E-state index contributed by atoms with van der Waals surface area (Å²) >= 11 is 0. The van der Waals surface area contributed by atoms with Gasteiger partial charge in [0.1, 0.15) is 11.8 Å². The van der Waals surface area contributed by atoms with Crippen molar-refractivity contribution in [1.82, 2.24) is 0 Å². The largest absolute Gasteiger partial charge is 0.496 e. The second-order valence-electron chi connectivity index (χ2n) is 3.09. The molecule has 0 fully saturated rings. The number of esters is 1. The summed E-state index contributed by atoms with van der Waals surface area (Å²) in [6.07, 6.45) is 0.558. The van der Waals surface area contributed by atoms with Gasteiger partial charge >= 0.3 is 5.97 Å². The average molecular weight is 233 g/mol. The van der Waals surface area contributed by atoms with E-state index < -0.39 is 5.97 Å². The van der Waals surface area contributed by atoms with Gasteiger partial charge in [0.05, 0.1) is 30.4 Å². The lowest BCUT2D eigenvalue weighted by Crippen LogP contribution is -2.08. The quantitative estimate of drug-likeness (QED) is 0.582. The molecule has 0 aliphatic carbocycles. The van der Waals surface area contributed by atoms with E-state index in [0.29, 0.717) is 6.29 Å². The highest BCUT2D eigenvalue weighted by Gasteiger charge is 2.16. The minimum absolute atomic E-state index is 0.0669. The van der Waals surface area contributed by atoms with Gasteiger partial charge in [-0.1, -0.05) is 0 Å². The van der Waals surface area contributed by atoms with E-state index in [1.54, 1.807) is 6.92 Å². The predicted molar refractivity (Wildman–Crippen MR) is 59.1 cm³/mol. The fourth-order valence-corrected chi connectivity index (χ4v) is 1.34. The van der Waals surface area contributed by atoms with Crippen LogP contribution in [0.25, 0.3) is 0 Å². The third kappa shape index (κ3) is 2.61. The zero-order valence-electron chi connectivity index (χ0n) is 9.52. The molecule has 0 heterocycles. The molecule has 0 saturated heterocycles. The Morgan fingerprint density at radius 3 is 2.71 bits per heavy atom. The zero-order valence-corrected chi connectivity index (χ0v) is 9.52. The van der Waals surface area contributed by atoms with Crippen molar-refractivity contribution in [2.24, 2.45) is 0 Å². The van der Waals surface area contributed by atoms with Crippen LogP contribution < -0.4 is 4.74 Å². The molecule has 0 saturated carbocycles. The number of benzene rings is 1. The number of nitrogens with zero attached hydrogens (tertiary/aromatic N) is 1. The van der Waals surface area contributed by atoms with Gasteiger partial charge in [0, 0.05) is 0 Å². The third-order valence-electron chi connectivity index (χ3n) is 2.11. The van der Waals surface area contributed by atoms with Crippen LogP contribution in [-0.2, 0) is 4.74 Å². The number of nitriles is 1. The van der Waals surface area contributed by atoms with Gasteiger partial charge in [0.2, 0.25) is 0 Å². The fraction of sp³-hybridized carbons (Fsp3) is 0.250. The molecule has 0 amide bonds. The second-order valence-corrected chi connectivity index (χ2v) is 3.09. The molecular formula is C12H11NO4. The molecular weight excluding hydrogens is 222 g/mol. The molecule has 0 bridgehead atoms. The van der Waals surface area contributed by atoms with Crippen molar-refractivity contribution in [2.45, 2.75) is 6.92 Å². The smallest absolute Gasteiger partial charge is 0.339 e. The lowest BCUT2D eigenvalue weighted by atomic mass is 10.0. The van der Waals surface area contributed by atoms with E-state index >= 15 is 0 Å². The first-order valence-electron chi connectivity index (χ1n) is 4.92. The van der Waals surface area contributed by atoms with E-state index in [1.807, 2.05) is 6.07 Å². The van der Waals surface area contributed by atoms with E-state index in [0.717, 1.165) is 0 Å². The maximum absolute atomic E-state index is 11.6. The Kier molecular flexibility index (Phi) is 4.23. The van der Waals surface area contributed by atoms with Crippen molar-refractivity contribution in [3.05, 3.63) is 28.8 Å². The molecule has 0 aromatic heterocycles. The van der Waals surface area contributed by atoms with E-state index in [2.05, 4.69) is 0 Å².